The number of hydrogen-bond acceptors (Lipinski definition) is 3. The normalized spacial score (nSPS) is 12.8. The molecule has 0 spiro atoms. The lowest BCUT2D eigenvalue weighted by Gasteiger charge is -2.18. The summed E-state index contributed by atoms with van der Waals surface area (Å²) in [6.07, 6.45) is 1.18. The molecule has 6 heteroatoms. The van der Waals surface area contributed by atoms with Gasteiger partial charge in [0.2, 0.25) is 0 Å². The Morgan fingerprint density at radius 1 is 1.21 bits per heavy atom. The molecule has 1 aromatic heterocycles. The van der Waals surface area contributed by atoms with Crippen molar-refractivity contribution in [2.45, 2.75) is 33.4 Å². The Balaban J connectivity index is 2.31. The number of aromatic nitrogens is 1. The fraction of sp³-hybridized carbons (Fsp3) is 0.389. The Labute approximate surface area is 143 Å². The molecular weight excluding hydrogens is 324 g/mol. The van der Waals surface area contributed by atoms with Crippen molar-refractivity contribution in [2.24, 2.45) is 0 Å². The molecule has 130 valence electrons. The van der Waals surface area contributed by atoms with Crippen LogP contribution in [-0.2, 0) is 16.4 Å². The van der Waals surface area contributed by atoms with Gasteiger partial charge in [0.15, 0.2) is 0 Å². The number of aryl methyl sites for hydroxylation is 1. The van der Waals surface area contributed by atoms with E-state index in [-0.39, 0.29) is 11.7 Å². The van der Waals surface area contributed by atoms with Gasteiger partial charge in [-0.05, 0) is 32.4 Å². The number of rotatable bonds is 6. The Morgan fingerprint density at radius 3 is 2.33 bits per heavy atom. The number of nitrogens with one attached hydrogen (secondary N) is 1. The number of hydrogen-bond donors (Lipinski definition) is 1. The van der Waals surface area contributed by atoms with E-state index >= 15 is 0 Å². The van der Waals surface area contributed by atoms with E-state index in [1.165, 1.54) is 6.26 Å². The topological polar surface area (TPSA) is 68.2 Å². The molecule has 1 heterocycles. The number of amides is 1. The van der Waals surface area contributed by atoms with Gasteiger partial charge in [0.05, 0.1) is 17.4 Å². The molecule has 0 aliphatic rings. The molecule has 2 rings (SSSR count). The van der Waals surface area contributed by atoms with Crippen LogP contribution in [0.2, 0.25) is 0 Å². The molecule has 0 bridgehead atoms. The summed E-state index contributed by atoms with van der Waals surface area (Å²) in [5.41, 5.74) is 3.27. The monoisotopic (exact) mass is 348 g/mol. The van der Waals surface area contributed by atoms with E-state index in [0.29, 0.717) is 5.56 Å². The average molecular weight is 348 g/mol. The maximum absolute atomic E-state index is 12.7. The first kappa shape index (κ1) is 18.3. The van der Waals surface area contributed by atoms with Gasteiger partial charge in [-0.1, -0.05) is 30.3 Å². The van der Waals surface area contributed by atoms with Crippen molar-refractivity contribution in [3.8, 4) is 0 Å². The van der Waals surface area contributed by atoms with Crippen molar-refractivity contribution in [1.29, 1.82) is 0 Å². The zero-order chi connectivity index (χ0) is 17.9. The second kappa shape index (κ2) is 7.21. The largest absolute Gasteiger partial charge is 0.349 e. The maximum Gasteiger partial charge on any atom is 0.253 e. The van der Waals surface area contributed by atoms with Gasteiger partial charge in [-0.2, -0.15) is 0 Å². The highest BCUT2D eigenvalue weighted by Gasteiger charge is 2.22. The smallest absolute Gasteiger partial charge is 0.253 e. The van der Waals surface area contributed by atoms with Gasteiger partial charge in [-0.25, -0.2) is 8.42 Å². The molecule has 1 atom stereocenters. The summed E-state index contributed by atoms with van der Waals surface area (Å²) in [5, 5.41) is 2.88. The first-order chi connectivity index (χ1) is 11.2. The molecule has 0 radical (unpaired) electrons. The highest BCUT2D eigenvalue weighted by Crippen LogP contribution is 2.19. The third-order valence-corrected chi connectivity index (χ3v) is 5.05. The van der Waals surface area contributed by atoms with E-state index in [1.54, 1.807) is 0 Å². The van der Waals surface area contributed by atoms with Crippen LogP contribution in [-0.4, -0.2) is 30.9 Å². The molecule has 0 aliphatic carbocycles. The third kappa shape index (κ3) is 4.26. The van der Waals surface area contributed by atoms with Crippen LogP contribution in [0.15, 0.2) is 36.4 Å². The van der Waals surface area contributed by atoms with E-state index < -0.39 is 15.9 Å². The minimum absolute atomic E-state index is 0.130. The zero-order valence-corrected chi connectivity index (χ0v) is 15.4. The Hall–Kier alpha value is -2.08. The minimum Gasteiger partial charge on any atom is -0.349 e. The zero-order valence-electron chi connectivity index (χ0n) is 14.5. The van der Waals surface area contributed by atoms with Gasteiger partial charge in [0.25, 0.3) is 5.91 Å². The van der Waals surface area contributed by atoms with E-state index in [4.69, 9.17) is 0 Å². The minimum atomic E-state index is -3.24. The molecule has 1 N–H and O–H groups in total. The van der Waals surface area contributed by atoms with Crippen LogP contribution in [0.5, 0.6) is 0 Å². The van der Waals surface area contributed by atoms with Crippen molar-refractivity contribution >= 4 is 15.7 Å². The summed E-state index contributed by atoms with van der Waals surface area (Å²) >= 11 is 0. The second-order valence-corrected chi connectivity index (χ2v) is 8.24. The molecule has 0 unspecified atom stereocenters. The van der Waals surface area contributed by atoms with Crippen molar-refractivity contribution in [3.05, 3.63) is 58.9 Å². The summed E-state index contributed by atoms with van der Waals surface area (Å²) < 4.78 is 25.6. The van der Waals surface area contributed by atoms with Crippen LogP contribution in [0.1, 0.15) is 40.3 Å². The average Bonchev–Trinajstić information content (AvgIpc) is 2.80. The van der Waals surface area contributed by atoms with Crippen LogP contribution in [0.3, 0.4) is 0 Å². The van der Waals surface area contributed by atoms with Gasteiger partial charge in [0.1, 0.15) is 9.84 Å². The number of benzene rings is 1. The molecular formula is C18H24N2O3S. The molecule has 1 aromatic carbocycles. The standard InChI is InChI=1S/C18H24N2O3S/c1-5-20-13(2)11-16(14(20)3)18(21)19-17(12-24(4,22)23)15-9-7-6-8-10-15/h6-11,17H,5,12H2,1-4H3,(H,19,21)/t17-/m1/s1. The first-order valence-electron chi connectivity index (χ1n) is 7.93. The second-order valence-electron chi connectivity index (χ2n) is 6.06. The van der Waals surface area contributed by atoms with Gasteiger partial charge < -0.3 is 9.88 Å². The predicted molar refractivity (Wildman–Crippen MR) is 95.9 cm³/mol. The summed E-state index contributed by atoms with van der Waals surface area (Å²) in [4.78, 5) is 12.7. The van der Waals surface area contributed by atoms with Crippen LogP contribution >= 0.6 is 0 Å². The number of carbonyl (C=O) groups excluding carboxylic acids is 1. The van der Waals surface area contributed by atoms with Crippen molar-refractivity contribution in [2.75, 3.05) is 12.0 Å². The molecule has 5 nitrogen and oxygen atoms in total. The van der Waals surface area contributed by atoms with E-state index in [0.717, 1.165) is 23.5 Å². The fourth-order valence-corrected chi connectivity index (χ4v) is 3.84. The van der Waals surface area contributed by atoms with Crippen LogP contribution < -0.4 is 5.32 Å². The predicted octanol–water partition coefficient (Wildman–Crippen LogP) is 2.64. The van der Waals surface area contributed by atoms with E-state index in [2.05, 4.69) is 9.88 Å². The lowest BCUT2D eigenvalue weighted by molar-refractivity contribution is 0.0939. The molecule has 2 aromatic rings. The Kier molecular flexibility index (Phi) is 5.49. The summed E-state index contributed by atoms with van der Waals surface area (Å²) in [6.45, 7) is 6.67. The van der Waals surface area contributed by atoms with Crippen LogP contribution in [0.4, 0.5) is 0 Å². The Morgan fingerprint density at radius 2 is 1.83 bits per heavy atom. The van der Waals surface area contributed by atoms with Crippen molar-refractivity contribution in [1.82, 2.24) is 9.88 Å². The molecule has 0 saturated carbocycles. The number of sulfone groups is 1. The fourth-order valence-electron chi connectivity index (χ4n) is 2.96. The maximum atomic E-state index is 12.7. The molecule has 0 fully saturated rings. The summed E-state index contributed by atoms with van der Waals surface area (Å²) in [5.74, 6) is -0.379. The van der Waals surface area contributed by atoms with Gasteiger partial charge in [-0.15, -0.1) is 0 Å². The highest BCUT2D eigenvalue weighted by atomic mass is 32.2. The lowest BCUT2D eigenvalue weighted by atomic mass is 10.1. The van der Waals surface area contributed by atoms with Gasteiger partial charge in [-0.3, -0.25) is 4.79 Å². The van der Waals surface area contributed by atoms with E-state index in [9.17, 15) is 13.2 Å². The summed E-state index contributed by atoms with van der Waals surface area (Å²) in [6, 6.07) is 10.4. The van der Waals surface area contributed by atoms with Gasteiger partial charge in [0, 0.05) is 24.2 Å². The van der Waals surface area contributed by atoms with Crippen molar-refractivity contribution < 1.29 is 13.2 Å². The van der Waals surface area contributed by atoms with Crippen molar-refractivity contribution in [3.63, 3.8) is 0 Å². The quantitative estimate of drug-likeness (QED) is 0.872. The lowest BCUT2D eigenvalue weighted by Crippen LogP contribution is -2.33. The molecule has 0 saturated heterocycles. The van der Waals surface area contributed by atoms with E-state index in [1.807, 2.05) is 57.2 Å². The first-order valence-corrected chi connectivity index (χ1v) is 9.99. The molecule has 24 heavy (non-hydrogen) atoms. The SMILES string of the molecule is CCn1c(C)cc(C(=O)N[C@H](CS(C)(=O)=O)c2ccccc2)c1C. The molecule has 1 amide bonds. The Bertz CT molecular complexity index is 823. The van der Waals surface area contributed by atoms with Gasteiger partial charge >= 0.3 is 0 Å². The number of carbonyl (C=O) groups is 1. The number of nitrogens with zero attached hydrogens (tertiary/aromatic N) is 1. The summed E-state index contributed by atoms with van der Waals surface area (Å²) in [7, 11) is -3.24. The molecule has 0 aliphatic heterocycles. The van der Waals surface area contributed by atoms with Crippen LogP contribution in [0, 0.1) is 13.8 Å². The third-order valence-electron chi connectivity index (χ3n) is 4.11. The van der Waals surface area contributed by atoms with Crippen LogP contribution in [0.25, 0.3) is 0 Å². The highest BCUT2D eigenvalue weighted by molar-refractivity contribution is 7.90.